The minimum Gasteiger partial charge on any atom is -0.396 e. The molecule has 2 unspecified atom stereocenters. The fraction of sp³-hybridized carbons (Fsp3) is 0.667. The molecule has 2 atom stereocenters. The Balaban J connectivity index is 0.00000242. The van der Waals surface area contributed by atoms with Crippen molar-refractivity contribution < 1.29 is 39.4 Å². The molecular formula is C15H23N2NaO4. The molecule has 1 aromatic rings. The summed E-state index contributed by atoms with van der Waals surface area (Å²) < 4.78 is 7.54. The number of hydrogen-bond donors (Lipinski definition) is 2. The van der Waals surface area contributed by atoms with Crippen molar-refractivity contribution in [1.82, 2.24) is 9.55 Å². The molecule has 0 aromatic carbocycles. The van der Waals surface area contributed by atoms with Crippen molar-refractivity contribution in [3.8, 4) is 0 Å². The zero-order valence-corrected chi connectivity index (χ0v) is 16.4. The summed E-state index contributed by atoms with van der Waals surface area (Å²) >= 11 is 0. The van der Waals surface area contributed by atoms with Crippen LogP contribution in [0.3, 0.4) is 0 Å². The van der Waals surface area contributed by atoms with E-state index in [0.717, 1.165) is 5.92 Å². The van der Waals surface area contributed by atoms with Crippen LogP contribution in [-0.4, -0.2) is 26.9 Å². The van der Waals surface area contributed by atoms with Gasteiger partial charge in [0.2, 0.25) is 0 Å². The quantitative estimate of drug-likeness (QED) is 0.484. The summed E-state index contributed by atoms with van der Waals surface area (Å²) in [4.78, 5) is 26.1. The second-order valence-electron chi connectivity index (χ2n) is 6.67. The van der Waals surface area contributed by atoms with Crippen molar-refractivity contribution in [2.24, 2.45) is 5.41 Å². The summed E-state index contributed by atoms with van der Waals surface area (Å²) in [6.07, 6.45) is 1.51. The van der Waals surface area contributed by atoms with E-state index in [9.17, 15) is 14.7 Å². The van der Waals surface area contributed by atoms with Crippen LogP contribution in [0.5, 0.6) is 0 Å². The van der Waals surface area contributed by atoms with Crippen LogP contribution in [0.15, 0.2) is 15.8 Å². The Morgan fingerprint density at radius 2 is 1.86 bits per heavy atom. The third kappa shape index (κ3) is 2.55. The van der Waals surface area contributed by atoms with E-state index in [-0.39, 0.29) is 36.2 Å². The Labute approximate surface area is 152 Å². The first-order valence-electron chi connectivity index (χ1n) is 6.98. The maximum Gasteiger partial charge on any atom is 1.00 e. The van der Waals surface area contributed by atoms with Crippen LogP contribution in [0.2, 0.25) is 0 Å². The van der Waals surface area contributed by atoms with E-state index in [0.29, 0.717) is 5.56 Å². The molecule has 0 amide bonds. The van der Waals surface area contributed by atoms with E-state index in [1.807, 2.05) is 20.8 Å². The van der Waals surface area contributed by atoms with Gasteiger partial charge in [0.1, 0.15) is 5.72 Å². The summed E-state index contributed by atoms with van der Waals surface area (Å²) in [6, 6.07) is 0. The maximum atomic E-state index is 12.2. The van der Waals surface area contributed by atoms with Crippen LogP contribution in [0.25, 0.3) is 0 Å². The molecule has 0 saturated carbocycles. The summed E-state index contributed by atoms with van der Waals surface area (Å²) in [5, 5.41) is 9.68. The van der Waals surface area contributed by atoms with Crippen molar-refractivity contribution in [1.29, 1.82) is 0 Å². The van der Waals surface area contributed by atoms with E-state index in [2.05, 4.69) is 4.98 Å². The van der Waals surface area contributed by atoms with Gasteiger partial charge in [-0.15, -0.1) is 5.41 Å². The van der Waals surface area contributed by atoms with Crippen LogP contribution in [0.4, 0.5) is 0 Å². The van der Waals surface area contributed by atoms with Crippen LogP contribution < -0.4 is 40.8 Å². The Morgan fingerprint density at radius 3 is 2.32 bits per heavy atom. The largest absolute Gasteiger partial charge is 1.00 e. The number of aliphatic hydroxyl groups excluding tert-OH is 1. The Kier molecular flexibility index (Phi) is 5.28. The topological polar surface area (TPSA) is 84.3 Å². The van der Waals surface area contributed by atoms with Gasteiger partial charge in [0.05, 0.1) is 0 Å². The number of aromatic amines is 1. The Hall–Kier alpha value is -0.400. The second kappa shape index (κ2) is 5.91. The molecule has 1 aromatic heterocycles. The summed E-state index contributed by atoms with van der Waals surface area (Å²) in [7, 11) is 0. The number of ether oxygens (including phenoxy) is 1. The van der Waals surface area contributed by atoms with E-state index in [1.165, 1.54) is 10.8 Å². The monoisotopic (exact) mass is 318 g/mol. The predicted octanol–water partition coefficient (Wildman–Crippen LogP) is -2.08. The molecule has 0 spiro atoms. The Morgan fingerprint density at radius 1 is 1.32 bits per heavy atom. The Bertz CT molecular complexity index is 681. The van der Waals surface area contributed by atoms with Gasteiger partial charge in [-0.3, -0.25) is 20.3 Å². The minimum atomic E-state index is -0.999. The van der Waals surface area contributed by atoms with Crippen molar-refractivity contribution >= 4 is 0 Å². The first-order chi connectivity index (χ1) is 9.49. The molecule has 118 valence electrons. The summed E-state index contributed by atoms with van der Waals surface area (Å²) in [5.41, 5.74) is -2.82. The summed E-state index contributed by atoms with van der Waals surface area (Å²) in [5.74, 6) is 0.954. The van der Waals surface area contributed by atoms with Gasteiger partial charge >= 0.3 is 35.2 Å². The van der Waals surface area contributed by atoms with Gasteiger partial charge in [0.25, 0.3) is 5.56 Å². The van der Waals surface area contributed by atoms with Gasteiger partial charge < -0.3 is 9.84 Å². The fourth-order valence-corrected chi connectivity index (χ4v) is 3.04. The summed E-state index contributed by atoms with van der Waals surface area (Å²) in [6.45, 7) is 10.9. The van der Waals surface area contributed by atoms with Gasteiger partial charge in [-0.2, -0.15) is 6.92 Å². The van der Waals surface area contributed by atoms with Gasteiger partial charge in [0.15, 0.2) is 0 Å². The molecule has 0 radical (unpaired) electrons. The molecule has 7 heteroatoms. The number of hydrogen-bond acceptors (Lipinski definition) is 4. The number of aromatic nitrogens is 2. The zero-order chi connectivity index (χ0) is 16.2. The minimum absolute atomic E-state index is 0. The number of nitrogens with zero attached hydrogens (tertiary/aromatic N) is 1. The van der Waals surface area contributed by atoms with Gasteiger partial charge in [0, 0.05) is 18.4 Å². The average molecular weight is 318 g/mol. The van der Waals surface area contributed by atoms with Crippen LogP contribution in [0.1, 0.15) is 40.2 Å². The molecule has 1 aliphatic heterocycles. The number of nitrogens with one attached hydrogen (secondary N) is 1. The zero-order valence-electron chi connectivity index (χ0n) is 14.4. The van der Waals surface area contributed by atoms with E-state index in [1.54, 1.807) is 20.8 Å². The van der Waals surface area contributed by atoms with E-state index >= 15 is 0 Å². The molecule has 0 aliphatic carbocycles. The molecule has 2 N–H and O–H groups in total. The second-order valence-corrected chi connectivity index (χ2v) is 6.67. The SMILES string of the molecule is Cc1cn(C2(C)OC(C)(CO)[C-](C)C2(C)C)c(=O)[nH]c1=O.[Na+]. The molecule has 22 heavy (non-hydrogen) atoms. The molecule has 2 heterocycles. The normalized spacial score (nSPS) is 31.0. The molecule has 1 fully saturated rings. The average Bonchev–Trinajstić information content (AvgIpc) is 2.54. The first-order valence-corrected chi connectivity index (χ1v) is 6.98. The molecule has 0 bridgehead atoms. The third-order valence-corrected chi connectivity index (χ3v) is 5.20. The molecule has 2 rings (SSSR count). The van der Waals surface area contributed by atoms with Crippen molar-refractivity contribution in [3.63, 3.8) is 0 Å². The molecule has 1 saturated heterocycles. The van der Waals surface area contributed by atoms with Gasteiger partial charge in [-0.25, -0.2) is 4.79 Å². The molecular weight excluding hydrogens is 295 g/mol. The number of aryl methyl sites for hydroxylation is 1. The van der Waals surface area contributed by atoms with Crippen molar-refractivity contribution in [2.75, 3.05) is 6.61 Å². The maximum absolute atomic E-state index is 12.2. The molecule has 6 nitrogen and oxygen atoms in total. The fourth-order valence-electron chi connectivity index (χ4n) is 3.04. The number of aliphatic hydroxyl groups is 1. The van der Waals surface area contributed by atoms with Crippen molar-refractivity contribution in [3.05, 3.63) is 38.5 Å². The smallest absolute Gasteiger partial charge is 0.396 e. The number of H-pyrrole nitrogens is 1. The molecule has 1 aliphatic rings. The van der Waals surface area contributed by atoms with Crippen LogP contribution >= 0.6 is 0 Å². The van der Waals surface area contributed by atoms with Gasteiger partial charge in [-0.05, 0) is 19.4 Å². The van der Waals surface area contributed by atoms with Gasteiger partial charge in [-0.1, -0.05) is 20.8 Å². The van der Waals surface area contributed by atoms with Crippen LogP contribution in [0, 0.1) is 18.3 Å². The third-order valence-electron chi connectivity index (χ3n) is 5.20. The first kappa shape index (κ1) is 19.6. The standard InChI is InChI=1S/C15H23N2O4.Na/c1-9-7-17(12(20)16-11(9)19)15(6)13(3,4)10(2)14(5,8-18)21-15;/h7,18H,8H2,1-6H3,(H,16,19,20);/q-1;+1. The predicted molar refractivity (Wildman–Crippen MR) is 79.0 cm³/mol. The van der Waals surface area contributed by atoms with E-state index in [4.69, 9.17) is 4.74 Å². The van der Waals surface area contributed by atoms with Crippen LogP contribution in [-0.2, 0) is 10.5 Å². The van der Waals surface area contributed by atoms with E-state index < -0.39 is 28.0 Å². The number of rotatable bonds is 2. The van der Waals surface area contributed by atoms with Crippen molar-refractivity contribution in [2.45, 2.75) is 52.9 Å².